The molecule has 1 saturated heterocycles. The molecule has 0 aromatic heterocycles. The monoisotopic (exact) mass is 235 g/mol. The number of carbonyl (C=O) groups is 1. The molecule has 2 atom stereocenters. The van der Waals surface area contributed by atoms with Crippen LogP contribution in [-0.4, -0.2) is 46.3 Å². The van der Waals surface area contributed by atoms with Gasteiger partial charge in [-0.25, -0.2) is 4.79 Å². The maximum absolute atomic E-state index is 11.7. The molecule has 0 aromatic carbocycles. The summed E-state index contributed by atoms with van der Waals surface area (Å²) < 4.78 is 5.22. The van der Waals surface area contributed by atoms with Crippen LogP contribution >= 0.6 is 11.6 Å². The lowest BCUT2D eigenvalue weighted by Gasteiger charge is -2.28. The average Bonchev–Trinajstić information content (AvgIpc) is 2.43. The zero-order valence-corrected chi connectivity index (χ0v) is 10.1. The molecule has 15 heavy (non-hydrogen) atoms. The number of amides is 1. The number of hydrogen-bond acceptors (Lipinski definition) is 3. The molecule has 1 aliphatic heterocycles. The summed E-state index contributed by atoms with van der Waals surface area (Å²) in [7, 11) is 0. The average molecular weight is 236 g/mol. The van der Waals surface area contributed by atoms with Crippen molar-refractivity contribution in [2.24, 2.45) is 0 Å². The Hall–Kier alpha value is -0.480. The van der Waals surface area contributed by atoms with Gasteiger partial charge in [-0.05, 0) is 27.2 Å². The second-order valence-electron chi connectivity index (χ2n) is 4.75. The van der Waals surface area contributed by atoms with Gasteiger partial charge in [0.1, 0.15) is 5.60 Å². The lowest BCUT2D eigenvalue weighted by atomic mass is 10.2. The first kappa shape index (κ1) is 12.6. The molecule has 0 spiro atoms. The molecule has 5 heteroatoms. The van der Waals surface area contributed by atoms with Crippen molar-refractivity contribution in [1.29, 1.82) is 0 Å². The highest BCUT2D eigenvalue weighted by Gasteiger charge is 2.37. The van der Waals surface area contributed by atoms with Crippen molar-refractivity contribution in [1.82, 2.24) is 4.90 Å². The predicted octanol–water partition coefficient (Wildman–Crippen LogP) is 1.60. The largest absolute Gasteiger partial charge is 0.444 e. The standard InChI is InChI=1S/C10H18ClNO3/c1-10(2,3)15-9(14)12-5-4-8(13)7(12)6-11/h7-8,13H,4-6H2,1-3H3. The molecule has 1 fully saturated rings. The molecule has 88 valence electrons. The van der Waals surface area contributed by atoms with E-state index in [2.05, 4.69) is 0 Å². The van der Waals surface area contributed by atoms with Gasteiger partial charge >= 0.3 is 6.09 Å². The van der Waals surface area contributed by atoms with Crippen molar-refractivity contribution in [3.63, 3.8) is 0 Å². The lowest BCUT2D eigenvalue weighted by molar-refractivity contribution is 0.0182. The molecule has 1 rings (SSSR count). The van der Waals surface area contributed by atoms with E-state index in [1.165, 1.54) is 4.90 Å². The van der Waals surface area contributed by atoms with Crippen LogP contribution in [-0.2, 0) is 4.74 Å². The summed E-state index contributed by atoms with van der Waals surface area (Å²) in [6.45, 7) is 5.95. The van der Waals surface area contributed by atoms with Crippen molar-refractivity contribution >= 4 is 17.7 Å². The summed E-state index contributed by atoms with van der Waals surface area (Å²) in [5.41, 5.74) is -0.512. The maximum Gasteiger partial charge on any atom is 0.410 e. The Balaban J connectivity index is 2.60. The van der Waals surface area contributed by atoms with E-state index in [1.54, 1.807) is 0 Å². The minimum Gasteiger partial charge on any atom is -0.444 e. The molecule has 2 unspecified atom stereocenters. The summed E-state index contributed by atoms with van der Waals surface area (Å²) >= 11 is 5.70. The number of halogens is 1. The van der Waals surface area contributed by atoms with Crippen LogP contribution in [0.4, 0.5) is 4.79 Å². The zero-order chi connectivity index (χ0) is 11.6. The van der Waals surface area contributed by atoms with Gasteiger partial charge in [0, 0.05) is 12.4 Å². The summed E-state index contributed by atoms with van der Waals surface area (Å²) in [5, 5.41) is 9.57. The van der Waals surface area contributed by atoms with E-state index >= 15 is 0 Å². The van der Waals surface area contributed by atoms with Crippen molar-refractivity contribution in [3.8, 4) is 0 Å². The summed E-state index contributed by atoms with van der Waals surface area (Å²) in [5.74, 6) is 0.237. The van der Waals surface area contributed by atoms with Crippen molar-refractivity contribution in [2.75, 3.05) is 12.4 Å². The maximum atomic E-state index is 11.7. The van der Waals surface area contributed by atoms with Gasteiger partial charge in [0.2, 0.25) is 0 Å². The van der Waals surface area contributed by atoms with E-state index in [4.69, 9.17) is 16.3 Å². The van der Waals surface area contributed by atoms with Crippen LogP contribution in [0.2, 0.25) is 0 Å². The van der Waals surface area contributed by atoms with Crippen LogP contribution in [0, 0.1) is 0 Å². The SMILES string of the molecule is CC(C)(C)OC(=O)N1CCC(O)C1CCl. The van der Waals surface area contributed by atoms with E-state index < -0.39 is 17.8 Å². The van der Waals surface area contributed by atoms with Gasteiger partial charge in [0.15, 0.2) is 0 Å². The highest BCUT2D eigenvalue weighted by Crippen LogP contribution is 2.22. The third-order valence-electron chi connectivity index (χ3n) is 2.30. The second kappa shape index (κ2) is 4.58. The number of aliphatic hydroxyl groups excluding tert-OH is 1. The number of carbonyl (C=O) groups excluding carboxylic acids is 1. The Labute approximate surface area is 95.2 Å². The molecule has 1 N–H and O–H groups in total. The second-order valence-corrected chi connectivity index (χ2v) is 5.06. The Morgan fingerprint density at radius 1 is 1.60 bits per heavy atom. The van der Waals surface area contributed by atoms with Crippen LogP contribution in [0.15, 0.2) is 0 Å². The minimum atomic E-state index is -0.532. The summed E-state index contributed by atoms with van der Waals surface area (Å²) in [4.78, 5) is 13.2. The third kappa shape index (κ3) is 3.24. The number of hydrogen-bond donors (Lipinski definition) is 1. The Morgan fingerprint density at radius 2 is 2.20 bits per heavy atom. The minimum absolute atomic E-state index is 0.237. The Bertz CT molecular complexity index is 239. The number of aliphatic hydroxyl groups is 1. The number of rotatable bonds is 1. The van der Waals surface area contributed by atoms with Crippen LogP contribution in [0.25, 0.3) is 0 Å². The Kier molecular flexibility index (Phi) is 3.84. The van der Waals surface area contributed by atoms with E-state index in [0.29, 0.717) is 13.0 Å². The van der Waals surface area contributed by atoms with Crippen LogP contribution in [0.3, 0.4) is 0 Å². The normalized spacial score (nSPS) is 26.9. The highest BCUT2D eigenvalue weighted by molar-refractivity contribution is 6.18. The van der Waals surface area contributed by atoms with Crippen LogP contribution < -0.4 is 0 Å². The first-order valence-electron chi connectivity index (χ1n) is 5.09. The molecular formula is C10H18ClNO3. The van der Waals surface area contributed by atoms with Crippen molar-refractivity contribution in [3.05, 3.63) is 0 Å². The molecule has 0 aliphatic carbocycles. The fraction of sp³-hybridized carbons (Fsp3) is 0.900. The molecule has 0 radical (unpaired) electrons. The van der Waals surface area contributed by atoms with Gasteiger partial charge in [0.05, 0.1) is 12.1 Å². The molecule has 4 nitrogen and oxygen atoms in total. The van der Waals surface area contributed by atoms with E-state index in [9.17, 15) is 9.90 Å². The van der Waals surface area contributed by atoms with Gasteiger partial charge < -0.3 is 14.7 Å². The number of ether oxygens (including phenoxy) is 1. The zero-order valence-electron chi connectivity index (χ0n) is 9.36. The first-order chi connectivity index (χ1) is 6.85. The molecule has 0 bridgehead atoms. The van der Waals surface area contributed by atoms with Crippen LogP contribution in [0.5, 0.6) is 0 Å². The van der Waals surface area contributed by atoms with Gasteiger partial charge in [-0.2, -0.15) is 0 Å². The number of likely N-dealkylation sites (tertiary alicyclic amines) is 1. The highest BCUT2D eigenvalue weighted by atomic mass is 35.5. The van der Waals surface area contributed by atoms with Gasteiger partial charge in [-0.3, -0.25) is 0 Å². The van der Waals surface area contributed by atoms with Crippen molar-refractivity contribution < 1.29 is 14.6 Å². The molecule has 1 heterocycles. The predicted molar refractivity (Wildman–Crippen MR) is 58.1 cm³/mol. The molecule has 1 amide bonds. The third-order valence-corrected chi connectivity index (χ3v) is 2.61. The van der Waals surface area contributed by atoms with Gasteiger partial charge in [0.25, 0.3) is 0 Å². The number of alkyl halides is 1. The molecule has 0 aromatic rings. The fourth-order valence-corrected chi connectivity index (χ4v) is 1.94. The quantitative estimate of drug-likeness (QED) is 0.703. The number of nitrogens with zero attached hydrogens (tertiary/aromatic N) is 1. The molecular weight excluding hydrogens is 218 g/mol. The Morgan fingerprint density at radius 3 is 2.67 bits per heavy atom. The van der Waals surface area contributed by atoms with Crippen molar-refractivity contribution in [2.45, 2.75) is 44.9 Å². The smallest absolute Gasteiger partial charge is 0.410 e. The first-order valence-corrected chi connectivity index (χ1v) is 5.62. The van der Waals surface area contributed by atoms with Gasteiger partial charge in [-0.1, -0.05) is 0 Å². The fourth-order valence-electron chi connectivity index (χ4n) is 1.57. The van der Waals surface area contributed by atoms with Gasteiger partial charge in [-0.15, -0.1) is 11.6 Å². The van der Waals surface area contributed by atoms with E-state index in [0.717, 1.165) is 0 Å². The summed E-state index contributed by atoms with van der Waals surface area (Å²) in [6, 6.07) is -0.318. The lowest BCUT2D eigenvalue weighted by Crippen LogP contribution is -2.43. The van der Waals surface area contributed by atoms with Crippen LogP contribution in [0.1, 0.15) is 27.2 Å². The topological polar surface area (TPSA) is 49.8 Å². The van der Waals surface area contributed by atoms with E-state index in [-0.39, 0.29) is 11.9 Å². The molecule has 0 saturated carbocycles. The molecule has 1 aliphatic rings. The summed E-state index contributed by atoms with van der Waals surface area (Å²) in [6.07, 6.45) is -0.365. The van der Waals surface area contributed by atoms with E-state index in [1.807, 2.05) is 20.8 Å².